The lowest BCUT2D eigenvalue weighted by atomic mass is 10.1. The molecular formula is C18H19BrN2O2. The van der Waals surface area contributed by atoms with Crippen molar-refractivity contribution in [3.8, 4) is 0 Å². The van der Waals surface area contributed by atoms with Crippen molar-refractivity contribution in [3.05, 3.63) is 58.1 Å². The number of carbonyl (C=O) groups is 2. The molecule has 0 bridgehead atoms. The first-order valence-electron chi connectivity index (χ1n) is 7.28. The summed E-state index contributed by atoms with van der Waals surface area (Å²) in [7, 11) is 0. The largest absolute Gasteiger partial charge is 0.325 e. The van der Waals surface area contributed by atoms with Crippen LogP contribution in [0.5, 0.6) is 0 Å². The molecule has 0 spiro atoms. The first-order chi connectivity index (χ1) is 10.9. The molecule has 0 heterocycles. The number of benzene rings is 2. The van der Waals surface area contributed by atoms with E-state index in [1.807, 2.05) is 44.2 Å². The summed E-state index contributed by atoms with van der Waals surface area (Å²) < 4.78 is 0.941. The Balaban J connectivity index is 2.18. The zero-order valence-corrected chi connectivity index (χ0v) is 15.0. The fraction of sp³-hybridized carbons (Fsp3) is 0.222. The molecule has 120 valence electrons. The van der Waals surface area contributed by atoms with Crippen LogP contribution in [0.3, 0.4) is 0 Å². The summed E-state index contributed by atoms with van der Waals surface area (Å²) in [5, 5.41) is 2.81. The van der Waals surface area contributed by atoms with E-state index in [1.54, 1.807) is 12.1 Å². The molecule has 4 nitrogen and oxygen atoms in total. The number of halogens is 1. The smallest absolute Gasteiger partial charge is 0.244 e. The molecule has 0 atom stereocenters. The minimum absolute atomic E-state index is 0.0168. The van der Waals surface area contributed by atoms with Crippen molar-refractivity contribution in [3.63, 3.8) is 0 Å². The van der Waals surface area contributed by atoms with Gasteiger partial charge < -0.3 is 10.2 Å². The third-order valence-electron chi connectivity index (χ3n) is 3.52. The number of aryl methyl sites for hydroxylation is 2. The predicted molar refractivity (Wildman–Crippen MR) is 96.7 cm³/mol. The SMILES string of the molecule is CC(=O)N(CC(=O)Nc1ccc(Br)cc1)c1c(C)cccc1C. The maximum atomic E-state index is 12.3. The highest BCUT2D eigenvalue weighted by atomic mass is 79.9. The second-order valence-corrected chi connectivity index (χ2v) is 6.32. The zero-order valence-electron chi connectivity index (χ0n) is 13.4. The Labute approximate surface area is 144 Å². The predicted octanol–water partition coefficient (Wildman–Crippen LogP) is 4.06. The molecule has 23 heavy (non-hydrogen) atoms. The molecule has 0 saturated heterocycles. The monoisotopic (exact) mass is 374 g/mol. The van der Waals surface area contributed by atoms with E-state index in [-0.39, 0.29) is 18.4 Å². The van der Waals surface area contributed by atoms with Gasteiger partial charge in [-0.3, -0.25) is 9.59 Å². The number of nitrogens with zero attached hydrogens (tertiary/aromatic N) is 1. The third kappa shape index (κ3) is 4.42. The molecule has 0 aliphatic heterocycles. The maximum absolute atomic E-state index is 12.3. The molecule has 0 unspecified atom stereocenters. The van der Waals surface area contributed by atoms with Gasteiger partial charge in [0.05, 0.1) is 5.69 Å². The molecule has 2 rings (SSSR count). The van der Waals surface area contributed by atoms with E-state index in [4.69, 9.17) is 0 Å². The lowest BCUT2D eigenvalue weighted by Gasteiger charge is -2.24. The minimum Gasteiger partial charge on any atom is -0.325 e. The van der Waals surface area contributed by atoms with Gasteiger partial charge in [-0.1, -0.05) is 34.1 Å². The molecule has 0 radical (unpaired) electrons. The average molecular weight is 375 g/mol. The summed E-state index contributed by atoms with van der Waals surface area (Å²) in [6, 6.07) is 13.1. The minimum atomic E-state index is -0.231. The molecule has 0 saturated carbocycles. The third-order valence-corrected chi connectivity index (χ3v) is 4.05. The van der Waals surface area contributed by atoms with Crippen molar-refractivity contribution in [2.45, 2.75) is 20.8 Å². The van der Waals surface area contributed by atoms with E-state index < -0.39 is 0 Å². The number of amides is 2. The molecule has 0 aliphatic carbocycles. The van der Waals surface area contributed by atoms with Crippen LogP contribution in [-0.2, 0) is 9.59 Å². The molecule has 2 aromatic rings. The average Bonchev–Trinajstić information content (AvgIpc) is 2.48. The summed E-state index contributed by atoms with van der Waals surface area (Å²) in [6.07, 6.45) is 0. The number of para-hydroxylation sites is 1. The van der Waals surface area contributed by atoms with Crippen LogP contribution >= 0.6 is 15.9 Å². The molecule has 0 aliphatic rings. The van der Waals surface area contributed by atoms with Gasteiger partial charge in [0.25, 0.3) is 0 Å². The Morgan fingerprint density at radius 2 is 1.61 bits per heavy atom. The Hall–Kier alpha value is -2.14. The fourth-order valence-electron chi connectivity index (χ4n) is 2.46. The first kappa shape index (κ1) is 17.2. The van der Waals surface area contributed by atoms with E-state index in [2.05, 4.69) is 21.2 Å². The van der Waals surface area contributed by atoms with Crippen LogP contribution in [0.25, 0.3) is 0 Å². The number of anilines is 2. The molecular weight excluding hydrogens is 356 g/mol. The van der Waals surface area contributed by atoms with E-state index in [1.165, 1.54) is 11.8 Å². The van der Waals surface area contributed by atoms with Crippen molar-refractivity contribution in [1.82, 2.24) is 0 Å². The summed E-state index contributed by atoms with van der Waals surface area (Å²) in [5.41, 5.74) is 3.43. The van der Waals surface area contributed by atoms with E-state index >= 15 is 0 Å². The summed E-state index contributed by atoms with van der Waals surface area (Å²) >= 11 is 3.35. The van der Waals surface area contributed by atoms with Crippen LogP contribution in [0.2, 0.25) is 0 Å². The van der Waals surface area contributed by atoms with Crippen molar-refractivity contribution in [2.75, 3.05) is 16.8 Å². The molecule has 0 aromatic heterocycles. The number of rotatable bonds is 4. The Morgan fingerprint density at radius 3 is 2.13 bits per heavy atom. The van der Waals surface area contributed by atoms with Gasteiger partial charge >= 0.3 is 0 Å². The van der Waals surface area contributed by atoms with Gasteiger partial charge in [-0.25, -0.2) is 0 Å². The molecule has 2 aromatic carbocycles. The molecule has 1 N–H and O–H groups in total. The highest BCUT2D eigenvalue weighted by molar-refractivity contribution is 9.10. The van der Waals surface area contributed by atoms with Gasteiger partial charge in [0, 0.05) is 17.1 Å². The highest BCUT2D eigenvalue weighted by Gasteiger charge is 2.19. The lowest BCUT2D eigenvalue weighted by molar-refractivity contribution is -0.120. The molecule has 2 amide bonds. The van der Waals surface area contributed by atoms with Gasteiger partial charge in [-0.05, 0) is 49.2 Å². The van der Waals surface area contributed by atoms with Crippen molar-refractivity contribution in [1.29, 1.82) is 0 Å². The normalized spacial score (nSPS) is 10.3. The summed E-state index contributed by atoms with van der Waals surface area (Å²) in [4.78, 5) is 25.8. The van der Waals surface area contributed by atoms with E-state index in [0.29, 0.717) is 5.69 Å². The van der Waals surface area contributed by atoms with Crippen LogP contribution in [0.4, 0.5) is 11.4 Å². The van der Waals surface area contributed by atoms with Crippen molar-refractivity contribution < 1.29 is 9.59 Å². The lowest BCUT2D eigenvalue weighted by Crippen LogP contribution is -2.37. The van der Waals surface area contributed by atoms with E-state index in [0.717, 1.165) is 21.3 Å². The number of carbonyl (C=O) groups excluding carboxylic acids is 2. The quantitative estimate of drug-likeness (QED) is 0.876. The van der Waals surface area contributed by atoms with Crippen LogP contribution in [0, 0.1) is 13.8 Å². The number of hydrogen-bond donors (Lipinski definition) is 1. The Kier molecular flexibility index (Phi) is 5.55. The first-order valence-corrected chi connectivity index (χ1v) is 8.07. The maximum Gasteiger partial charge on any atom is 0.244 e. The van der Waals surface area contributed by atoms with Crippen LogP contribution in [0.1, 0.15) is 18.1 Å². The van der Waals surface area contributed by atoms with Crippen LogP contribution in [-0.4, -0.2) is 18.4 Å². The Bertz CT molecular complexity index is 706. The Morgan fingerprint density at radius 1 is 1.04 bits per heavy atom. The van der Waals surface area contributed by atoms with Crippen LogP contribution < -0.4 is 10.2 Å². The molecule has 0 fully saturated rings. The zero-order chi connectivity index (χ0) is 17.0. The number of hydrogen-bond acceptors (Lipinski definition) is 2. The van der Waals surface area contributed by atoms with Gasteiger partial charge in [-0.15, -0.1) is 0 Å². The second kappa shape index (κ2) is 7.42. The number of nitrogens with one attached hydrogen (secondary N) is 1. The van der Waals surface area contributed by atoms with Crippen molar-refractivity contribution in [2.24, 2.45) is 0 Å². The van der Waals surface area contributed by atoms with Gasteiger partial charge in [-0.2, -0.15) is 0 Å². The fourth-order valence-corrected chi connectivity index (χ4v) is 2.72. The van der Waals surface area contributed by atoms with Crippen molar-refractivity contribution >= 4 is 39.1 Å². The molecule has 5 heteroatoms. The summed E-state index contributed by atoms with van der Waals surface area (Å²) in [6.45, 7) is 5.33. The topological polar surface area (TPSA) is 49.4 Å². The van der Waals surface area contributed by atoms with Gasteiger partial charge in [0.2, 0.25) is 11.8 Å². The standard InChI is InChI=1S/C18H19BrN2O2/c1-12-5-4-6-13(2)18(12)21(14(3)22)11-17(23)20-16-9-7-15(19)8-10-16/h4-10H,11H2,1-3H3,(H,20,23). The summed E-state index contributed by atoms with van der Waals surface area (Å²) in [5.74, 6) is -0.390. The second-order valence-electron chi connectivity index (χ2n) is 5.40. The van der Waals surface area contributed by atoms with Gasteiger partial charge in [0.1, 0.15) is 6.54 Å². The van der Waals surface area contributed by atoms with Gasteiger partial charge in [0.15, 0.2) is 0 Å². The van der Waals surface area contributed by atoms with E-state index in [9.17, 15) is 9.59 Å². The highest BCUT2D eigenvalue weighted by Crippen LogP contribution is 2.24. The van der Waals surface area contributed by atoms with Crippen LogP contribution in [0.15, 0.2) is 46.9 Å².